The average Bonchev–Trinajstić information content (AvgIpc) is 2.02. The Labute approximate surface area is 105 Å². The molecule has 0 saturated carbocycles. The van der Waals surface area contributed by atoms with Crippen molar-refractivity contribution in [2.24, 2.45) is 5.92 Å². The van der Waals surface area contributed by atoms with Crippen molar-refractivity contribution < 1.29 is 49.4 Å². The van der Waals surface area contributed by atoms with Crippen molar-refractivity contribution >= 4 is 11.9 Å². The van der Waals surface area contributed by atoms with Crippen LogP contribution in [-0.2, 0) is 9.59 Å². The van der Waals surface area contributed by atoms with Gasteiger partial charge < -0.3 is 15.0 Å². The number of carboxylic acid groups (broad SMARTS) is 2. The molecular weight excluding hydrogens is 195 g/mol. The molecule has 0 fully saturated rings. The Morgan fingerprint density at radius 1 is 1.50 bits per heavy atom. The Morgan fingerprint density at radius 3 is 2.43 bits per heavy atom. The van der Waals surface area contributed by atoms with E-state index in [1.54, 1.807) is 6.08 Å². The van der Waals surface area contributed by atoms with Crippen LogP contribution >= 0.6 is 0 Å². The number of hydrogen-bond donors (Lipinski definition) is 1. The van der Waals surface area contributed by atoms with Gasteiger partial charge in [-0.05, 0) is 19.3 Å². The van der Waals surface area contributed by atoms with Crippen LogP contribution in [0.25, 0.3) is 0 Å². The van der Waals surface area contributed by atoms with E-state index in [9.17, 15) is 14.7 Å². The molecule has 0 bridgehead atoms. The summed E-state index contributed by atoms with van der Waals surface area (Å²) < 4.78 is 0. The van der Waals surface area contributed by atoms with Crippen LogP contribution < -0.4 is 34.7 Å². The number of rotatable bonds is 7. The molecule has 0 radical (unpaired) electrons. The van der Waals surface area contributed by atoms with Gasteiger partial charge in [0.05, 0.1) is 5.92 Å². The summed E-state index contributed by atoms with van der Waals surface area (Å²) in [5.41, 5.74) is 0. The van der Waals surface area contributed by atoms with Gasteiger partial charge in [0.15, 0.2) is 0 Å². The first kappa shape index (κ1) is 16.1. The normalized spacial score (nSPS) is 11.1. The second-order valence-corrected chi connectivity index (χ2v) is 2.83. The van der Waals surface area contributed by atoms with Gasteiger partial charge in [0.1, 0.15) is 0 Å². The van der Waals surface area contributed by atoms with Crippen molar-refractivity contribution in [3.8, 4) is 0 Å². The van der Waals surface area contributed by atoms with E-state index >= 15 is 0 Å². The van der Waals surface area contributed by atoms with Crippen molar-refractivity contribution in [2.45, 2.75) is 25.7 Å². The Morgan fingerprint density at radius 2 is 2.07 bits per heavy atom. The number of unbranched alkanes of at least 4 members (excludes halogenated alkanes) is 1. The molecule has 0 aromatic rings. The molecule has 74 valence electrons. The minimum atomic E-state index is -1.31. The number of carbonyl (C=O) groups excluding carboxylic acids is 1. The molecule has 1 unspecified atom stereocenters. The predicted molar refractivity (Wildman–Crippen MR) is 44.8 cm³/mol. The van der Waals surface area contributed by atoms with Crippen molar-refractivity contribution in [1.29, 1.82) is 0 Å². The van der Waals surface area contributed by atoms with Crippen LogP contribution in [0.2, 0.25) is 0 Å². The summed E-state index contributed by atoms with van der Waals surface area (Å²) >= 11 is 0. The van der Waals surface area contributed by atoms with Crippen molar-refractivity contribution in [3.63, 3.8) is 0 Å². The molecule has 0 amide bonds. The second-order valence-electron chi connectivity index (χ2n) is 2.83. The van der Waals surface area contributed by atoms with E-state index < -0.39 is 24.3 Å². The van der Waals surface area contributed by atoms with Gasteiger partial charge in [-0.25, -0.2) is 0 Å². The molecule has 0 aliphatic carbocycles. The van der Waals surface area contributed by atoms with Gasteiger partial charge in [-0.15, -0.1) is 6.58 Å². The van der Waals surface area contributed by atoms with Crippen molar-refractivity contribution in [2.75, 3.05) is 0 Å². The Kier molecular flexibility index (Phi) is 10.6. The molecule has 1 N–H and O–H groups in total. The minimum absolute atomic E-state index is 0. The maximum absolute atomic E-state index is 10.5. The van der Waals surface area contributed by atoms with Crippen LogP contribution in [0, 0.1) is 5.92 Å². The monoisotopic (exact) mass is 208 g/mol. The summed E-state index contributed by atoms with van der Waals surface area (Å²) in [5, 5.41) is 18.8. The quantitative estimate of drug-likeness (QED) is 0.278. The molecule has 0 rings (SSSR count). The molecule has 1 atom stereocenters. The number of carbonyl (C=O) groups is 2. The average molecular weight is 208 g/mol. The Balaban J connectivity index is 0. The zero-order valence-corrected chi connectivity index (χ0v) is 10.4. The molecule has 0 heterocycles. The second kappa shape index (κ2) is 9.24. The molecule has 14 heavy (non-hydrogen) atoms. The zero-order valence-electron chi connectivity index (χ0n) is 8.36. The number of allylic oxidation sites excluding steroid dienone is 1. The Hall–Kier alpha value is -0.320. The van der Waals surface area contributed by atoms with Gasteiger partial charge in [-0.3, -0.25) is 4.79 Å². The van der Waals surface area contributed by atoms with Crippen LogP contribution in [0.5, 0.6) is 0 Å². The van der Waals surface area contributed by atoms with Crippen molar-refractivity contribution in [3.05, 3.63) is 12.7 Å². The molecule has 0 aromatic heterocycles. The number of carboxylic acids is 2. The molecule has 0 spiro atoms. The molecule has 0 aliphatic rings. The van der Waals surface area contributed by atoms with E-state index in [0.29, 0.717) is 19.3 Å². The standard InChI is InChI=1S/C9H14O4.Na/c1-2-3-4-5-7(9(12)13)6-8(10)11;/h2,7H,1,3-6H2,(H,10,11)(H,12,13);/q;+1/p-1. The van der Waals surface area contributed by atoms with E-state index in [-0.39, 0.29) is 29.6 Å². The predicted octanol–water partition coefficient (Wildman–Crippen LogP) is -2.81. The summed E-state index contributed by atoms with van der Waals surface area (Å²) in [6, 6.07) is 0. The van der Waals surface area contributed by atoms with E-state index in [1.807, 2.05) is 0 Å². The van der Waals surface area contributed by atoms with E-state index in [4.69, 9.17) is 5.11 Å². The van der Waals surface area contributed by atoms with E-state index in [2.05, 4.69) is 6.58 Å². The SMILES string of the molecule is C=CCCCC(CC(=O)[O-])C(=O)O.[Na+]. The van der Waals surface area contributed by atoms with Gasteiger partial charge in [-0.2, -0.15) is 0 Å². The first-order chi connectivity index (χ1) is 6.07. The smallest absolute Gasteiger partial charge is 0.550 e. The van der Waals surface area contributed by atoms with Gasteiger partial charge >= 0.3 is 35.5 Å². The summed E-state index contributed by atoms with van der Waals surface area (Å²) in [7, 11) is 0. The molecule has 0 aliphatic heterocycles. The maximum Gasteiger partial charge on any atom is 1.00 e. The van der Waals surface area contributed by atoms with Gasteiger partial charge in [-0.1, -0.05) is 6.08 Å². The summed E-state index contributed by atoms with van der Waals surface area (Å²) in [4.78, 5) is 20.7. The Bertz CT molecular complexity index is 203. The van der Waals surface area contributed by atoms with E-state index in [1.165, 1.54) is 0 Å². The molecule has 5 heteroatoms. The third-order valence-corrected chi connectivity index (χ3v) is 1.72. The minimum Gasteiger partial charge on any atom is -0.550 e. The van der Waals surface area contributed by atoms with Crippen LogP contribution in [-0.4, -0.2) is 17.0 Å². The zero-order chi connectivity index (χ0) is 10.3. The third kappa shape index (κ3) is 8.29. The molecule has 0 saturated heterocycles. The van der Waals surface area contributed by atoms with Gasteiger partial charge in [0, 0.05) is 12.4 Å². The van der Waals surface area contributed by atoms with Crippen LogP contribution in [0.1, 0.15) is 25.7 Å². The maximum atomic E-state index is 10.5. The fourth-order valence-corrected chi connectivity index (χ4v) is 1.02. The van der Waals surface area contributed by atoms with E-state index in [0.717, 1.165) is 0 Å². The van der Waals surface area contributed by atoms with Gasteiger partial charge in [0.25, 0.3) is 0 Å². The summed E-state index contributed by atoms with van der Waals surface area (Å²) in [5.74, 6) is -3.22. The van der Waals surface area contributed by atoms with Crippen LogP contribution in [0.4, 0.5) is 0 Å². The first-order valence-corrected chi connectivity index (χ1v) is 4.11. The molecule has 0 aromatic carbocycles. The largest absolute Gasteiger partial charge is 1.00 e. The molecular formula is C9H13NaO4. The van der Waals surface area contributed by atoms with Crippen LogP contribution in [0.3, 0.4) is 0 Å². The molecule has 4 nitrogen and oxygen atoms in total. The summed E-state index contributed by atoms with van der Waals surface area (Å²) in [6.45, 7) is 3.49. The first-order valence-electron chi connectivity index (χ1n) is 4.11. The third-order valence-electron chi connectivity index (χ3n) is 1.72. The summed E-state index contributed by atoms with van der Waals surface area (Å²) in [6.07, 6.45) is 2.98. The number of aliphatic carboxylic acids is 2. The topological polar surface area (TPSA) is 77.4 Å². The fraction of sp³-hybridized carbons (Fsp3) is 0.556. The fourth-order valence-electron chi connectivity index (χ4n) is 1.02. The van der Waals surface area contributed by atoms with Crippen molar-refractivity contribution in [1.82, 2.24) is 0 Å². The number of hydrogen-bond acceptors (Lipinski definition) is 3. The van der Waals surface area contributed by atoms with Gasteiger partial charge in [0.2, 0.25) is 0 Å². The van der Waals surface area contributed by atoms with Crippen LogP contribution in [0.15, 0.2) is 12.7 Å².